The Morgan fingerprint density at radius 3 is 2.21 bits per heavy atom. The van der Waals surface area contributed by atoms with Gasteiger partial charge in [-0.15, -0.1) is 0 Å². The monoisotopic (exact) mass is 262 g/mol. The third kappa shape index (κ3) is 3.01. The lowest BCUT2D eigenvalue weighted by atomic mass is 9.88. The lowest BCUT2D eigenvalue weighted by Gasteiger charge is -2.24. The summed E-state index contributed by atoms with van der Waals surface area (Å²) >= 11 is 0. The second kappa shape index (κ2) is 6.53. The van der Waals surface area contributed by atoms with Crippen molar-refractivity contribution >= 4 is 0 Å². The van der Waals surface area contributed by atoms with Crippen molar-refractivity contribution < 1.29 is 9.84 Å². The number of aryl methyl sites for hydroxylation is 3. The zero-order valence-corrected chi connectivity index (χ0v) is 12.4. The van der Waals surface area contributed by atoms with E-state index in [9.17, 15) is 5.11 Å². The van der Waals surface area contributed by atoms with E-state index in [-0.39, 0.29) is 6.10 Å². The fourth-order valence-electron chi connectivity index (χ4n) is 3.06. The average molecular weight is 262 g/mol. The van der Waals surface area contributed by atoms with Gasteiger partial charge in [-0.3, -0.25) is 0 Å². The number of hydrogen-bond acceptors (Lipinski definition) is 2. The molecule has 2 nitrogen and oxygen atoms in total. The van der Waals surface area contributed by atoms with E-state index in [1.54, 1.807) is 0 Å². The van der Waals surface area contributed by atoms with Crippen LogP contribution in [0.1, 0.15) is 62.0 Å². The topological polar surface area (TPSA) is 29.5 Å². The van der Waals surface area contributed by atoms with Crippen LogP contribution in [0.3, 0.4) is 0 Å². The van der Waals surface area contributed by atoms with Gasteiger partial charge in [0.15, 0.2) is 0 Å². The molecule has 0 bridgehead atoms. The molecule has 0 spiro atoms. The number of benzene rings is 1. The summed E-state index contributed by atoms with van der Waals surface area (Å²) in [6.45, 7) is 7.31. The first kappa shape index (κ1) is 14.5. The van der Waals surface area contributed by atoms with Crippen LogP contribution in [0, 0.1) is 0 Å². The van der Waals surface area contributed by atoms with Crippen LogP contribution in [0.5, 0.6) is 0 Å². The normalized spacial score (nSPS) is 20.7. The molecule has 1 aliphatic rings. The second-order valence-electron chi connectivity index (χ2n) is 5.38. The molecule has 1 aromatic carbocycles. The summed E-state index contributed by atoms with van der Waals surface area (Å²) in [7, 11) is 0. The van der Waals surface area contributed by atoms with Crippen molar-refractivity contribution in [3.63, 3.8) is 0 Å². The second-order valence-corrected chi connectivity index (χ2v) is 5.38. The Kier molecular flexibility index (Phi) is 5.00. The van der Waals surface area contributed by atoms with E-state index in [0.29, 0.717) is 0 Å². The fourth-order valence-corrected chi connectivity index (χ4v) is 3.06. The standard InChI is InChI=1S/C17H26O2/c1-4-12-10-13(5-2)16(14(6-3)11-12)17(18)15-8-7-9-19-15/h10-11,15,17-18H,4-9H2,1-3H3. The highest BCUT2D eigenvalue weighted by Gasteiger charge is 2.28. The Hall–Kier alpha value is -0.860. The average Bonchev–Trinajstić information content (AvgIpc) is 2.99. The fraction of sp³-hybridized carbons (Fsp3) is 0.647. The van der Waals surface area contributed by atoms with Gasteiger partial charge in [0.2, 0.25) is 0 Å². The van der Waals surface area contributed by atoms with Gasteiger partial charge in [-0.05, 0) is 54.4 Å². The molecule has 0 amide bonds. The number of hydrogen-bond donors (Lipinski definition) is 1. The van der Waals surface area contributed by atoms with Crippen LogP contribution in [0.4, 0.5) is 0 Å². The molecule has 0 aliphatic carbocycles. The third-order valence-corrected chi connectivity index (χ3v) is 4.19. The van der Waals surface area contributed by atoms with Crippen LogP contribution in [0.2, 0.25) is 0 Å². The van der Waals surface area contributed by atoms with Gasteiger partial charge in [0, 0.05) is 6.61 Å². The van der Waals surface area contributed by atoms with Crippen LogP contribution >= 0.6 is 0 Å². The van der Waals surface area contributed by atoms with Gasteiger partial charge in [-0.2, -0.15) is 0 Å². The summed E-state index contributed by atoms with van der Waals surface area (Å²) in [4.78, 5) is 0. The van der Waals surface area contributed by atoms with E-state index < -0.39 is 6.10 Å². The number of aliphatic hydroxyl groups is 1. The molecule has 2 unspecified atom stereocenters. The molecule has 1 aliphatic heterocycles. The zero-order valence-electron chi connectivity index (χ0n) is 12.4. The minimum atomic E-state index is -0.460. The predicted octanol–water partition coefficient (Wildman–Crippen LogP) is 3.59. The van der Waals surface area contributed by atoms with Crippen LogP contribution in [0.25, 0.3) is 0 Å². The minimum Gasteiger partial charge on any atom is -0.386 e. The highest BCUT2D eigenvalue weighted by Crippen LogP contribution is 2.32. The van der Waals surface area contributed by atoms with Crippen molar-refractivity contribution in [2.45, 2.75) is 65.1 Å². The van der Waals surface area contributed by atoms with Crippen molar-refractivity contribution in [2.24, 2.45) is 0 Å². The van der Waals surface area contributed by atoms with E-state index in [1.807, 2.05) is 0 Å². The van der Waals surface area contributed by atoms with Gasteiger partial charge in [0.05, 0.1) is 6.10 Å². The summed E-state index contributed by atoms with van der Waals surface area (Å²) < 4.78 is 5.67. The summed E-state index contributed by atoms with van der Waals surface area (Å²) in [5.74, 6) is 0. The Morgan fingerprint density at radius 2 is 1.79 bits per heavy atom. The third-order valence-electron chi connectivity index (χ3n) is 4.19. The van der Waals surface area contributed by atoms with Crippen molar-refractivity contribution in [1.82, 2.24) is 0 Å². The Balaban J connectivity index is 2.40. The molecule has 1 heterocycles. The first-order chi connectivity index (χ1) is 9.21. The molecule has 1 N–H and O–H groups in total. The first-order valence-corrected chi connectivity index (χ1v) is 7.65. The summed E-state index contributed by atoms with van der Waals surface area (Å²) in [6, 6.07) is 4.51. The quantitative estimate of drug-likeness (QED) is 0.878. The predicted molar refractivity (Wildman–Crippen MR) is 78.5 cm³/mol. The van der Waals surface area contributed by atoms with E-state index in [2.05, 4.69) is 32.9 Å². The smallest absolute Gasteiger partial charge is 0.106 e. The lowest BCUT2D eigenvalue weighted by Crippen LogP contribution is -2.20. The molecule has 0 saturated carbocycles. The molecule has 1 saturated heterocycles. The van der Waals surface area contributed by atoms with Gasteiger partial charge in [0.1, 0.15) is 6.10 Å². The molecule has 2 rings (SSSR count). The van der Waals surface area contributed by atoms with Crippen LogP contribution in [0.15, 0.2) is 12.1 Å². The van der Waals surface area contributed by atoms with E-state index in [0.717, 1.165) is 44.3 Å². The molecular formula is C17H26O2. The Bertz CT molecular complexity index is 394. The molecule has 2 atom stereocenters. The lowest BCUT2D eigenvalue weighted by molar-refractivity contribution is -0.00339. The molecule has 1 fully saturated rings. The first-order valence-electron chi connectivity index (χ1n) is 7.65. The molecule has 0 radical (unpaired) electrons. The van der Waals surface area contributed by atoms with Crippen LogP contribution in [-0.2, 0) is 24.0 Å². The number of aliphatic hydroxyl groups excluding tert-OH is 1. The Labute approximate surface area is 116 Å². The summed E-state index contributed by atoms with van der Waals surface area (Å²) in [5.41, 5.74) is 5.09. The molecule has 1 aromatic rings. The number of ether oxygens (including phenoxy) is 1. The minimum absolute atomic E-state index is 0.0110. The SMILES string of the molecule is CCc1cc(CC)c(C(O)C2CCCO2)c(CC)c1. The number of rotatable bonds is 5. The molecule has 19 heavy (non-hydrogen) atoms. The van der Waals surface area contributed by atoms with Gasteiger partial charge in [-0.25, -0.2) is 0 Å². The molecular weight excluding hydrogens is 236 g/mol. The van der Waals surface area contributed by atoms with Crippen LogP contribution in [-0.4, -0.2) is 17.8 Å². The van der Waals surface area contributed by atoms with Gasteiger partial charge >= 0.3 is 0 Å². The largest absolute Gasteiger partial charge is 0.386 e. The Morgan fingerprint density at radius 1 is 1.16 bits per heavy atom. The zero-order chi connectivity index (χ0) is 13.8. The van der Waals surface area contributed by atoms with Crippen molar-refractivity contribution in [2.75, 3.05) is 6.61 Å². The maximum atomic E-state index is 10.7. The van der Waals surface area contributed by atoms with Gasteiger partial charge in [-0.1, -0.05) is 32.9 Å². The van der Waals surface area contributed by atoms with E-state index in [4.69, 9.17) is 4.74 Å². The van der Waals surface area contributed by atoms with Gasteiger partial charge in [0.25, 0.3) is 0 Å². The van der Waals surface area contributed by atoms with Crippen molar-refractivity contribution in [3.8, 4) is 0 Å². The molecule has 2 heteroatoms. The molecule has 0 aromatic heterocycles. The summed E-state index contributed by atoms with van der Waals surface area (Å²) in [5, 5.41) is 10.7. The van der Waals surface area contributed by atoms with Gasteiger partial charge < -0.3 is 9.84 Å². The van der Waals surface area contributed by atoms with Crippen molar-refractivity contribution in [3.05, 3.63) is 34.4 Å². The summed E-state index contributed by atoms with van der Waals surface area (Å²) in [6.07, 6.45) is 4.57. The van der Waals surface area contributed by atoms with E-state index >= 15 is 0 Å². The van der Waals surface area contributed by atoms with E-state index in [1.165, 1.54) is 16.7 Å². The highest BCUT2D eigenvalue weighted by molar-refractivity contribution is 5.41. The highest BCUT2D eigenvalue weighted by atomic mass is 16.5. The maximum Gasteiger partial charge on any atom is 0.106 e. The van der Waals surface area contributed by atoms with Crippen molar-refractivity contribution in [1.29, 1.82) is 0 Å². The maximum absolute atomic E-state index is 10.7. The molecule has 106 valence electrons. The van der Waals surface area contributed by atoms with Crippen LogP contribution < -0.4 is 0 Å².